The van der Waals surface area contributed by atoms with Crippen molar-refractivity contribution in [2.24, 2.45) is 16.7 Å². The van der Waals surface area contributed by atoms with E-state index in [4.69, 9.17) is 32.1 Å². The molecule has 0 saturated heterocycles. The zero-order valence-corrected chi connectivity index (χ0v) is 37.6. The minimum Gasteiger partial charge on any atom is -0.493 e. The molecule has 322 valence electrons. The van der Waals surface area contributed by atoms with Crippen molar-refractivity contribution in [1.29, 1.82) is 0 Å². The van der Waals surface area contributed by atoms with E-state index in [0.29, 0.717) is 127 Å². The molecular formula is C46H66O10S2. The Bertz CT molecular complexity index is 1800. The van der Waals surface area contributed by atoms with Gasteiger partial charge in [0.1, 0.15) is 50.1 Å². The van der Waals surface area contributed by atoms with Gasteiger partial charge in [-0.25, -0.2) is 3.63 Å². The predicted molar refractivity (Wildman–Crippen MR) is 230 cm³/mol. The van der Waals surface area contributed by atoms with E-state index in [9.17, 15) is 4.79 Å². The molecule has 2 bridgehead atoms. The highest BCUT2D eigenvalue weighted by Crippen LogP contribution is 2.78. The molecule has 2 saturated carbocycles. The number of carbonyl (C=O) groups excluding carboxylic acids is 1. The van der Waals surface area contributed by atoms with Crippen molar-refractivity contribution in [2.45, 2.75) is 128 Å². The van der Waals surface area contributed by atoms with E-state index in [0.717, 1.165) is 19.3 Å². The molecule has 10 nitrogen and oxygen atoms in total. The van der Waals surface area contributed by atoms with Crippen LogP contribution in [0.3, 0.4) is 0 Å². The van der Waals surface area contributed by atoms with E-state index in [-0.39, 0.29) is 11.7 Å². The molecule has 3 aromatic carbocycles. The van der Waals surface area contributed by atoms with Gasteiger partial charge in [0.15, 0.2) is 0 Å². The molecule has 12 heteroatoms. The standard InChI is InChI=1S/C46H66O10S2/c1-9-22-50-35-29-38(52-24-11-3)43(39(30-35)53-25-12-4)58(37-18-16-15-17-19-37,56-57(48,49)33-46-21-20-34(28-42(46)47)45(46,7)8)44-40(54-26-13-5)31-36(51-23-10-2)32-41(44)55-27-14-6/h15-19,29-32,34H,9-14,20-28,33H2,1-8H3. The van der Waals surface area contributed by atoms with Crippen molar-refractivity contribution < 1.29 is 45.3 Å². The number of rotatable bonds is 25. The van der Waals surface area contributed by atoms with Crippen LogP contribution in [0.15, 0.2) is 69.3 Å². The van der Waals surface area contributed by atoms with Crippen molar-refractivity contribution in [3.63, 3.8) is 0 Å². The summed E-state index contributed by atoms with van der Waals surface area (Å²) in [5.41, 5.74) is -1.63. The zero-order valence-electron chi connectivity index (χ0n) is 36.0. The van der Waals surface area contributed by atoms with Crippen LogP contribution in [0.5, 0.6) is 34.5 Å². The van der Waals surface area contributed by atoms with Crippen LogP contribution in [-0.2, 0) is 18.5 Å². The van der Waals surface area contributed by atoms with Crippen LogP contribution < -0.4 is 28.4 Å². The van der Waals surface area contributed by atoms with Crippen LogP contribution in [0, 0.1) is 16.7 Å². The Morgan fingerprint density at radius 3 is 1.34 bits per heavy atom. The maximum absolute atomic E-state index is 15.5. The molecule has 2 aliphatic rings. The van der Waals surface area contributed by atoms with Crippen molar-refractivity contribution >= 4 is 26.2 Å². The first kappa shape index (κ1) is 45.5. The average molecular weight is 843 g/mol. The van der Waals surface area contributed by atoms with Gasteiger partial charge in [0.25, 0.3) is 10.1 Å². The predicted octanol–water partition coefficient (Wildman–Crippen LogP) is 11.4. The smallest absolute Gasteiger partial charge is 0.278 e. The number of ketones is 1. The zero-order chi connectivity index (χ0) is 42.0. The summed E-state index contributed by atoms with van der Waals surface area (Å²) in [4.78, 5) is 15.3. The fourth-order valence-corrected chi connectivity index (χ4v) is 14.6. The first-order chi connectivity index (χ1) is 27.9. The fraction of sp³-hybridized carbons (Fsp3) is 0.587. The largest absolute Gasteiger partial charge is 0.493 e. The molecule has 2 unspecified atom stereocenters. The van der Waals surface area contributed by atoms with Gasteiger partial charge in [-0.2, -0.15) is 8.42 Å². The molecule has 58 heavy (non-hydrogen) atoms. The van der Waals surface area contributed by atoms with Gasteiger partial charge in [-0.1, -0.05) is 73.6 Å². The Morgan fingerprint density at radius 1 is 0.603 bits per heavy atom. The highest BCUT2D eigenvalue weighted by atomic mass is 32.3. The van der Waals surface area contributed by atoms with E-state index in [1.807, 2.05) is 110 Å². The van der Waals surface area contributed by atoms with E-state index in [2.05, 4.69) is 0 Å². The summed E-state index contributed by atoms with van der Waals surface area (Å²) in [6.45, 7) is 18.4. The normalized spacial score (nSPS) is 18.9. The van der Waals surface area contributed by atoms with Gasteiger partial charge in [-0.05, 0) is 85.1 Å². The second kappa shape index (κ2) is 20.1. The molecule has 5 rings (SSSR count). The summed E-state index contributed by atoms with van der Waals surface area (Å²) in [5.74, 6) is 2.12. The summed E-state index contributed by atoms with van der Waals surface area (Å²) in [7, 11) is -8.12. The van der Waals surface area contributed by atoms with E-state index in [1.54, 1.807) is 0 Å². The molecule has 2 aliphatic carbocycles. The van der Waals surface area contributed by atoms with Gasteiger partial charge < -0.3 is 28.4 Å². The molecule has 0 N–H and O–H groups in total. The molecule has 0 amide bonds. The highest BCUT2D eigenvalue weighted by Gasteiger charge is 2.66. The Hall–Kier alpha value is -3.61. The van der Waals surface area contributed by atoms with Gasteiger partial charge in [0.2, 0.25) is 0 Å². The second-order valence-electron chi connectivity index (χ2n) is 15.9. The van der Waals surface area contributed by atoms with Gasteiger partial charge in [0, 0.05) is 35.6 Å². The second-order valence-corrected chi connectivity index (χ2v) is 20.2. The lowest BCUT2D eigenvalue weighted by molar-refractivity contribution is -0.128. The quantitative estimate of drug-likeness (QED) is 0.0816. The first-order valence-electron chi connectivity index (χ1n) is 21.4. The molecular weight excluding hydrogens is 777 g/mol. The number of hydrogen-bond donors (Lipinski definition) is 0. The molecule has 0 spiro atoms. The van der Waals surface area contributed by atoms with Crippen molar-refractivity contribution in [3.05, 3.63) is 54.6 Å². The maximum atomic E-state index is 15.5. The summed E-state index contributed by atoms with van der Waals surface area (Å²) in [6.07, 6.45) is 5.91. The van der Waals surface area contributed by atoms with Gasteiger partial charge in [-0.3, -0.25) is 4.79 Å². The van der Waals surface area contributed by atoms with Crippen LogP contribution in [0.2, 0.25) is 0 Å². The lowest BCUT2D eigenvalue weighted by Crippen LogP contribution is -2.42. The highest BCUT2D eigenvalue weighted by molar-refractivity contribution is 8.33. The minimum absolute atomic E-state index is 0.0195. The molecule has 2 atom stereocenters. The van der Waals surface area contributed by atoms with E-state index >= 15 is 8.42 Å². The number of hydrogen-bond acceptors (Lipinski definition) is 10. The summed E-state index contributed by atoms with van der Waals surface area (Å²) >= 11 is 0. The van der Waals surface area contributed by atoms with Crippen LogP contribution in [0.4, 0.5) is 0 Å². The number of carbonyl (C=O) groups is 1. The van der Waals surface area contributed by atoms with Gasteiger partial charge in [-0.15, -0.1) is 0 Å². The van der Waals surface area contributed by atoms with Crippen molar-refractivity contribution in [2.75, 3.05) is 45.4 Å². The minimum atomic E-state index is -4.58. The molecule has 0 aliphatic heterocycles. The first-order valence-corrected chi connectivity index (χ1v) is 24.5. The average Bonchev–Trinajstić information content (AvgIpc) is 3.55. The Kier molecular flexibility index (Phi) is 15.8. The lowest BCUT2D eigenvalue weighted by Gasteiger charge is -2.43. The summed E-state index contributed by atoms with van der Waals surface area (Å²) < 4.78 is 77.3. The Balaban J connectivity index is 1.98. The van der Waals surface area contributed by atoms with Crippen LogP contribution in [-0.4, -0.2) is 59.6 Å². The molecule has 0 aromatic heterocycles. The van der Waals surface area contributed by atoms with Crippen LogP contribution in [0.25, 0.3) is 0 Å². The third-order valence-corrected chi connectivity index (χ3v) is 16.6. The van der Waals surface area contributed by atoms with Gasteiger partial charge in [0.05, 0.1) is 50.8 Å². The number of fused-ring (bicyclic) bond motifs is 2. The molecule has 2 fully saturated rings. The Labute approximate surface area is 349 Å². The summed E-state index contributed by atoms with van der Waals surface area (Å²) in [5, 5.41) is 0. The van der Waals surface area contributed by atoms with E-state index < -0.39 is 37.0 Å². The fourth-order valence-electron chi connectivity index (χ4n) is 8.20. The number of Topliss-reactive ketones (excluding diaryl/α,β-unsaturated/α-hetero) is 1. The van der Waals surface area contributed by atoms with E-state index in [1.165, 1.54) is 0 Å². The molecule has 0 radical (unpaired) electrons. The lowest BCUT2D eigenvalue weighted by atomic mass is 9.70. The third-order valence-electron chi connectivity index (χ3n) is 11.2. The number of ether oxygens (including phenoxy) is 6. The van der Waals surface area contributed by atoms with Crippen LogP contribution in [0.1, 0.15) is 113 Å². The third kappa shape index (κ3) is 9.39. The summed E-state index contributed by atoms with van der Waals surface area (Å²) in [6, 6.07) is 16.6. The number of benzene rings is 3. The molecule has 0 heterocycles. The van der Waals surface area contributed by atoms with Crippen molar-refractivity contribution in [1.82, 2.24) is 0 Å². The molecule has 3 aromatic rings. The van der Waals surface area contributed by atoms with Gasteiger partial charge >= 0.3 is 0 Å². The van der Waals surface area contributed by atoms with Crippen molar-refractivity contribution in [3.8, 4) is 34.5 Å². The van der Waals surface area contributed by atoms with Crippen LogP contribution >= 0.6 is 10.3 Å². The monoisotopic (exact) mass is 842 g/mol. The topological polar surface area (TPSA) is 116 Å². The Morgan fingerprint density at radius 2 is 1.00 bits per heavy atom. The maximum Gasteiger partial charge on any atom is 0.278 e. The SMILES string of the molecule is CCCOc1cc(OCCC)c(S(OS(=O)(=O)CC23CCC(CC2=O)C3(C)C)(c2ccccc2)c2c(OCCC)cc(OCCC)cc2OCCC)c(OCCC)c1.